The molecule has 0 aromatic carbocycles. The third kappa shape index (κ3) is 2.46. The Labute approximate surface area is 102 Å². The first-order chi connectivity index (χ1) is 7.59. The van der Waals surface area contributed by atoms with Crippen molar-refractivity contribution in [2.75, 3.05) is 0 Å². The lowest BCUT2D eigenvalue weighted by Crippen LogP contribution is -2.35. The molecule has 2 saturated carbocycles. The Morgan fingerprint density at radius 2 is 1.25 bits per heavy atom. The molecule has 4 atom stereocenters. The van der Waals surface area contributed by atoms with Gasteiger partial charge >= 0.3 is 0 Å². The van der Waals surface area contributed by atoms with E-state index in [0.29, 0.717) is 0 Å². The van der Waals surface area contributed by atoms with E-state index in [1.165, 1.54) is 38.5 Å². The summed E-state index contributed by atoms with van der Waals surface area (Å²) in [6.07, 6.45) is 9.05. The molecule has 2 aliphatic carbocycles. The van der Waals surface area contributed by atoms with Gasteiger partial charge in [0.05, 0.1) is 0 Å². The predicted molar refractivity (Wildman–Crippen MR) is 71.3 cm³/mol. The van der Waals surface area contributed by atoms with Crippen LogP contribution in [0.25, 0.3) is 0 Å². The molecule has 0 spiro atoms. The molecule has 0 radical (unpaired) electrons. The van der Waals surface area contributed by atoms with Crippen molar-refractivity contribution in [1.29, 1.82) is 0 Å². The molecule has 4 unspecified atom stereocenters. The maximum atomic E-state index is 2.53. The Morgan fingerprint density at radius 3 is 1.88 bits per heavy atom. The molecule has 2 rings (SSSR count). The quantitative estimate of drug-likeness (QED) is 0.577. The van der Waals surface area contributed by atoms with Crippen LogP contribution in [-0.4, -0.2) is 0 Å². The van der Waals surface area contributed by atoms with Gasteiger partial charge in [-0.25, -0.2) is 0 Å². The van der Waals surface area contributed by atoms with E-state index in [-0.39, 0.29) is 0 Å². The zero-order chi connectivity index (χ0) is 11.7. The minimum atomic E-state index is 0.957. The molecule has 16 heavy (non-hydrogen) atoms. The highest BCUT2D eigenvalue weighted by molar-refractivity contribution is 4.86. The highest BCUT2D eigenvalue weighted by Crippen LogP contribution is 2.46. The van der Waals surface area contributed by atoms with Crippen molar-refractivity contribution in [1.82, 2.24) is 0 Å². The monoisotopic (exact) mass is 222 g/mol. The van der Waals surface area contributed by atoms with Gasteiger partial charge < -0.3 is 0 Å². The van der Waals surface area contributed by atoms with Crippen molar-refractivity contribution in [3.8, 4) is 0 Å². The second-order valence-electron chi connectivity index (χ2n) is 6.96. The minimum Gasteiger partial charge on any atom is -0.0625 e. The van der Waals surface area contributed by atoms with Gasteiger partial charge in [-0.3, -0.25) is 0 Å². The van der Waals surface area contributed by atoms with E-state index in [2.05, 4.69) is 27.7 Å². The van der Waals surface area contributed by atoms with Gasteiger partial charge in [0, 0.05) is 0 Å². The van der Waals surface area contributed by atoms with Crippen LogP contribution in [0.1, 0.15) is 66.2 Å². The van der Waals surface area contributed by atoms with Crippen molar-refractivity contribution in [3.05, 3.63) is 0 Å². The molecule has 0 saturated heterocycles. The van der Waals surface area contributed by atoms with E-state index >= 15 is 0 Å². The lowest BCUT2D eigenvalue weighted by molar-refractivity contribution is 0.0595. The summed E-state index contributed by atoms with van der Waals surface area (Å²) in [6.45, 7) is 9.92. The van der Waals surface area contributed by atoms with E-state index in [1.54, 1.807) is 0 Å². The smallest absolute Gasteiger partial charge is 0.0357 e. The zero-order valence-corrected chi connectivity index (χ0v) is 11.7. The van der Waals surface area contributed by atoms with Gasteiger partial charge in [0.25, 0.3) is 0 Å². The van der Waals surface area contributed by atoms with E-state index in [1.807, 2.05) is 0 Å². The van der Waals surface area contributed by atoms with Crippen LogP contribution in [0.15, 0.2) is 0 Å². The van der Waals surface area contributed by atoms with Crippen molar-refractivity contribution >= 4 is 0 Å². The van der Waals surface area contributed by atoms with Gasteiger partial charge in [-0.1, -0.05) is 47.0 Å². The van der Waals surface area contributed by atoms with Gasteiger partial charge in [0.1, 0.15) is 0 Å². The summed E-state index contributed by atoms with van der Waals surface area (Å²) in [5.74, 6) is 6.03. The van der Waals surface area contributed by atoms with E-state index < -0.39 is 0 Å². The van der Waals surface area contributed by atoms with E-state index in [0.717, 1.165) is 35.5 Å². The molecule has 0 heteroatoms. The molecule has 0 aromatic heterocycles. The minimum absolute atomic E-state index is 0.957. The molecule has 0 nitrogen and oxygen atoms in total. The fraction of sp³-hybridized carbons (Fsp3) is 1.00. The number of hydrogen-bond acceptors (Lipinski definition) is 0. The third-order valence-corrected chi connectivity index (χ3v) is 6.02. The maximum absolute atomic E-state index is 2.53. The average Bonchev–Trinajstić information content (AvgIpc) is 2.28. The fourth-order valence-electron chi connectivity index (χ4n) is 4.27. The van der Waals surface area contributed by atoms with Crippen LogP contribution in [0, 0.1) is 35.5 Å². The summed E-state index contributed by atoms with van der Waals surface area (Å²) in [5, 5.41) is 0. The molecule has 0 aromatic rings. The topological polar surface area (TPSA) is 0 Å². The Morgan fingerprint density at radius 1 is 0.625 bits per heavy atom. The van der Waals surface area contributed by atoms with Crippen LogP contribution >= 0.6 is 0 Å². The fourth-order valence-corrected chi connectivity index (χ4v) is 4.27. The van der Waals surface area contributed by atoms with E-state index in [4.69, 9.17) is 0 Å². The largest absolute Gasteiger partial charge is 0.0625 e. The summed E-state index contributed by atoms with van der Waals surface area (Å²) >= 11 is 0. The molecule has 0 amide bonds. The molecule has 2 fully saturated rings. The number of hydrogen-bond donors (Lipinski definition) is 0. The van der Waals surface area contributed by atoms with Gasteiger partial charge in [0.15, 0.2) is 0 Å². The third-order valence-electron chi connectivity index (χ3n) is 6.02. The van der Waals surface area contributed by atoms with Gasteiger partial charge in [-0.2, -0.15) is 0 Å². The van der Waals surface area contributed by atoms with Crippen LogP contribution in [0.2, 0.25) is 0 Å². The molecule has 2 aliphatic rings. The Kier molecular flexibility index (Phi) is 3.97. The van der Waals surface area contributed by atoms with Crippen LogP contribution in [-0.2, 0) is 0 Å². The Bertz CT molecular complexity index is 212. The first kappa shape index (κ1) is 12.5. The van der Waals surface area contributed by atoms with Crippen LogP contribution in [0.5, 0.6) is 0 Å². The Balaban J connectivity index is 1.94. The van der Waals surface area contributed by atoms with Gasteiger partial charge in [-0.15, -0.1) is 0 Å². The number of rotatable bonds is 1. The molecule has 0 N–H and O–H groups in total. The van der Waals surface area contributed by atoms with Crippen molar-refractivity contribution in [3.63, 3.8) is 0 Å². The lowest BCUT2D eigenvalue weighted by atomic mass is 9.62. The summed E-state index contributed by atoms with van der Waals surface area (Å²) in [5.41, 5.74) is 0. The summed E-state index contributed by atoms with van der Waals surface area (Å²) in [4.78, 5) is 0. The van der Waals surface area contributed by atoms with Crippen molar-refractivity contribution in [2.45, 2.75) is 66.2 Å². The second-order valence-corrected chi connectivity index (χ2v) is 6.96. The van der Waals surface area contributed by atoms with Gasteiger partial charge in [0.2, 0.25) is 0 Å². The van der Waals surface area contributed by atoms with Crippen LogP contribution in [0.4, 0.5) is 0 Å². The zero-order valence-electron chi connectivity index (χ0n) is 11.7. The molecule has 0 aliphatic heterocycles. The molecule has 0 heterocycles. The van der Waals surface area contributed by atoms with Crippen LogP contribution in [0.3, 0.4) is 0 Å². The highest BCUT2D eigenvalue weighted by atomic mass is 14.4. The molecular formula is C16H30. The standard InChI is InChI=1S/C16H30/c1-11-5-8-15(9-6-11)16-10-7-12(2)13(3)14(16)4/h11-16H,5-10H2,1-4H3. The average molecular weight is 222 g/mol. The molecule has 0 bridgehead atoms. The highest BCUT2D eigenvalue weighted by Gasteiger charge is 2.36. The summed E-state index contributed by atoms with van der Waals surface area (Å²) < 4.78 is 0. The first-order valence-corrected chi connectivity index (χ1v) is 7.59. The predicted octanol–water partition coefficient (Wildman–Crippen LogP) is 5.13. The Hall–Kier alpha value is 0. The normalized spacial score (nSPS) is 50.2. The van der Waals surface area contributed by atoms with Crippen LogP contribution < -0.4 is 0 Å². The second kappa shape index (κ2) is 5.10. The molecular weight excluding hydrogens is 192 g/mol. The molecule has 94 valence electrons. The first-order valence-electron chi connectivity index (χ1n) is 7.59. The van der Waals surface area contributed by atoms with Crippen molar-refractivity contribution < 1.29 is 0 Å². The summed E-state index contributed by atoms with van der Waals surface area (Å²) in [6, 6.07) is 0. The summed E-state index contributed by atoms with van der Waals surface area (Å²) in [7, 11) is 0. The maximum Gasteiger partial charge on any atom is -0.0357 e. The lowest BCUT2D eigenvalue weighted by Gasteiger charge is -2.44. The van der Waals surface area contributed by atoms with Gasteiger partial charge in [-0.05, 0) is 54.8 Å². The SMILES string of the molecule is CC1CCC(C2CCC(C)C(C)C2C)CC1. The van der Waals surface area contributed by atoms with E-state index in [9.17, 15) is 0 Å². The van der Waals surface area contributed by atoms with Crippen molar-refractivity contribution in [2.24, 2.45) is 35.5 Å².